The molecule has 0 aromatic rings. The standard InChI is InChI=1S/C9H19N3O2/c1-7(2)12-9(14)4-6-11-5-3-8(10)13/h7,11H,3-6H2,1-2H3,(H2,10,13)(H,12,14). The van der Waals surface area contributed by atoms with Gasteiger partial charge in [-0.2, -0.15) is 0 Å². The summed E-state index contributed by atoms with van der Waals surface area (Å²) in [7, 11) is 0. The van der Waals surface area contributed by atoms with E-state index in [9.17, 15) is 9.59 Å². The molecule has 82 valence electrons. The van der Waals surface area contributed by atoms with Crippen molar-refractivity contribution in [1.82, 2.24) is 10.6 Å². The minimum atomic E-state index is -0.330. The zero-order chi connectivity index (χ0) is 11.0. The molecular weight excluding hydrogens is 182 g/mol. The molecule has 0 heterocycles. The van der Waals surface area contributed by atoms with Gasteiger partial charge in [0.2, 0.25) is 11.8 Å². The summed E-state index contributed by atoms with van der Waals surface area (Å²) in [6.45, 7) is 4.94. The first kappa shape index (κ1) is 12.9. The smallest absolute Gasteiger partial charge is 0.221 e. The highest BCUT2D eigenvalue weighted by atomic mass is 16.2. The van der Waals surface area contributed by atoms with E-state index in [1.807, 2.05) is 13.8 Å². The first-order valence-electron chi connectivity index (χ1n) is 4.80. The van der Waals surface area contributed by atoms with E-state index in [4.69, 9.17) is 5.73 Å². The summed E-state index contributed by atoms with van der Waals surface area (Å²) in [6, 6.07) is 0.174. The van der Waals surface area contributed by atoms with E-state index in [0.717, 1.165) is 0 Å². The fourth-order valence-electron chi connectivity index (χ4n) is 0.933. The molecular formula is C9H19N3O2. The Labute approximate surface area is 84.4 Å². The SMILES string of the molecule is CC(C)NC(=O)CCNCCC(N)=O. The van der Waals surface area contributed by atoms with Gasteiger partial charge in [-0.05, 0) is 13.8 Å². The third kappa shape index (κ3) is 8.99. The zero-order valence-corrected chi connectivity index (χ0v) is 8.80. The first-order valence-corrected chi connectivity index (χ1v) is 4.80. The van der Waals surface area contributed by atoms with E-state index < -0.39 is 0 Å². The second kappa shape index (κ2) is 7.32. The lowest BCUT2D eigenvalue weighted by Crippen LogP contribution is -2.33. The zero-order valence-electron chi connectivity index (χ0n) is 8.80. The van der Waals surface area contributed by atoms with Crippen LogP contribution >= 0.6 is 0 Å². The number of carbonyl (C=O) groups excluding carboxylic acids is 2. The van der Waals surface area contributed by atoms with Crippen LogP contribution in [0, 0.1) is 0 Å². The second-order valence-electron chi connectivity index (χ2n) is 3.44. The molecule has 0 aromatic heterocycles. The number of primary amides is 1. The topological polar surface area (TPSA) is 84.2 Å². The second-order valence-corrected chi connectivity index (χ2v) is 3.44. The van der Waals surface area contributed by atoms with Crippen molar-refractivity contribution in [2.75, 3.05) is 13.1 Å². The van der Waals surface area contributed by atoms with Gasteiger partial charge in [0.25, 0.3) is 0 Å². The minimum Gasteiger partial charge on any atom is -0.370 e. The molecule has 0 bridgehead atoms. The van der Waals surface area contributed by atoms with Crippen LogP contribution in [0.5, 0.6) is 0 Å². The van der Waals surface area contributed by atoms with Gasteiger partial charge in [0.1, 0.15) is 0 Å². The molecule has 2 amide bonds. The highest BCUT2D eigenvalue weighted by molar-refractivity contribution is 5.76. The molecule has 0 aliphatic heterocycles. The highest BCUT2D eigenvalue weighted by Gasteiger charge is 2.02. The van der Waals surface area contributed by atoms with Gasteiger partial charge in [-0.1, -0.05) is 0 Å². The quantitative estimate of drug-likeness (QED) is 0.479. The fourth-order valence-corrected chi connectivity index (χ4v) is 0.933. The van der Waals surface area contributed by atoms with Crippen LogP contribution in [0.4, 0.5) is 0 Å². The van der Waals surface area contributed by atoms with Crippen LogP contribution in [0.2, 0.25) is 0 Å². The number of carbonyl (C=O) groups is 2. The molecule has 0 aliphatic rings. The van der Waals surface area contributed by atoms with Crippen LogP contribution in [-0.4, -0.2) is 30.9 Å². The Kier molecular flexibility index (Phi) is 6.74. The summed E-state index contributed by atoms with van der Waals surface area (Å²) in [5.74, 6) is -0.310. The lowest BCUT2D eigenvalue weighted by molar-refractivity contribution is -0.121. The molecule has 0 fully saturated rings. The Balaban J connectivity index is 3.27. The molecule has 0 saturated carbocycles. The molecule has 0 rings (SSSR count). The molecule has 14 heavy (non-hydrogen) atoms. The van der Waals surface area contributed by atoms with Crippen molar-refractivity contribution in [1.29, 1.82) is 0 Å². The summed E-state index contributed by atoms with van der Waals surface area (Å²) in [6.07, 6.45) is 0.739. The van der Waals surface area contributed by atoms with Crippen LogP contribution in [0.3, 0.4) is 0 Å². The van der Waals surface area contributed by atoms with Gasteiger partial charge in [0, 0.05) is 32.0 Å². The Morgan fingerprint density at radius 3 is 2.29 bits per heavy atom. The molecule has 5 heteroatoms. The lowest BCUT2D eigenvalue weighted by atomic mass is 10.3. The van der Waals surface area contributed by atoms with Gasteiger partial charge in [0.15, 0.2) is 0 Å². The Morgan fingerprint density at radius 2 is 1.79 bits per heavy atom. The molecule has 0 radical (unpaired) electrons. The van der Waals surface area contributed by atoms with Crippen molar-refractivity contribution in [3.8, 4) is 0 Å². The molecule has 0 unspecified atom stereocenters. The number of nitrogens with one attached hydrogen (secondary N) is 2. The van der Waals surface area contributed by atoms with E-state index in [2.05, 4.69) is 10.6 Å². The van der Waals surface area contributed by atoms with Crippen molar-refractivity contribution < 1.29 is 9.59 Å². The third-order valence-electron chi connectivity index (χ3n) is 1.53. The maximum atomic E-state index is 11.1. The number of hydrogen-bond acceptors (Lipinski definition) is 3. The number of amides is 2. The normalized spacial score (nSPS) is 10.2. The van der Waals surface area contributed by atoms with Crippen LogP contribution in [0.1, 0.15) is 26.7 Å². The van der Waals surface area contributed by atoms with Gasteiger partial charge >= 0.3 is 0 Å². The van der Waals surface area contributed by atoms with Gasteiger partial charge in [-0.3, -0.25) is 9.59 Å². The number of nitrogens with two attached hydrogens (primary N) is 1. The predicted molar refractivity (Wildman–Crippen MR) is 54.6 cm³/mol. The summed E-state index contributed by atoms with van der Waals surface area (Å²) in [5.41, 5.74) is 4.94. The largest absolute Gasteiger partial charge is 0.370 e. The van der Waals surface area contributed by atoms with Crippen molar-refractivity contribution in [3.63, 3.8) is 0 Å². The average molecular weight is 201 g/mol. The van der Waals surface area contributed by atoms with E-state index in [0.29, 0.717) is 25.9 Å². The molecule has 0 spiro atoms. The molecule has 0 aliphatic carbocycles. The van der Waals surface area contributed by atoms with E-state index in [1.54, 1.807) is 0 Å². The maximum Gasteiger partial charge on any atom is 0.221 e. The molecule has 0 aromatic carbocycles. The monoisotopic (exact) mass is 201 g/mol. The molecule has 4 N–H and O–H groups in total. The van der Waals surface area contributed by atoms with Crippen molar-refractivity contribution in [3.05, 3.63) is 0 Å². The van der Waals surface area contributed by atoms with E-state index >= 15 is 0 Å². The Morgan fingerprint density at radius 1 is 1.21 bits per heavy atom. The molecule has 5 nitrogen and oxygen atoms in total. The van der Waals surface area contributed by atoms with Crippen molar-refractivity contribution in [2.45, 2.75) is 32.7 Å². The minimum absolute atomic E-state index is 0.0200. The van der Waals surface area contributed by atoms with Crippen LogP contribution < -0.4 is 16.4 Å². The first-order chi connectivity index (χ1) is 6.52. The summed E-state index contributed by atoms with van der Waals surface area (Å²) < 4.78 is 0. The number of hydrogen-bond donors (Lipinski definition) is 3. The predicted octanol–water partition coefficient (Wildman–Crippen LogP) is -0.634. The summed E-state index contributed by atoms with van der Waals surface area (Å²) >= 11 is 0. The Bertz CT molecular complexity index is 192. The summed E-state index contributed by atoms with van der Waals surface area (Å²) in [5, 5.41) is 5.73. The fraction of sp³-hybridized carbons (Fsp3) is 0.778. The highest BCUT2D eigenvalue weighted by Crippen LogP contribution is 1.82. The maximum absolute atomic E-state index is 11.1. The van der Waals surface area contributed by atoms with Crippen LogP contribution in [0.25, 0.3) is 0 Å². The molecule has 0 atom stereocenters. The van der Waals surface area contributed by atoms with Crippen molar-refractivity contribution in [2.24, 2.45) is 5.73 Å². The molecule has 0 saturated heterocycles. The van der Waals surface area contributed by atoms with Crippen molar-refractivity contribution >= 4 is 11.8 Å². The van der Waals surface area contributed by atoms with Gasteiger partial charge in [-0.25, -0.2) is 0 Å². The van der Waals surface area contributed by atoms with Gasteiger partial charge in [-0.15, -0.1) is 0 Å². The van der Waals surface area contributed by atoms with Gasteiger partial charge < -0.3 is 16.4 Å². The van der Waals surface area contributed by atoms with Crippen LogP contribution in [0.15, 0.2) is 0 Å². The van der Waals surface area contributed by atoms with Gasteiger partial charge in [0.05, 0.1) is 0 Å². The third-order valence-corrected chi connectivity index (χ3v) is 1.53. The van der Waals surface area contributed by atoms with E-state index in [1.165, 1.54) is 0 Å². The Hall–Kier alpha value is -1.10. The summed E-state index contributed by atoms with van der Waals surface area (Å²) in [4.78, 5) is 21.5. The van der Waals surface area contributed by atoms with Crippen LogP contribution in [-0.2, 0) is 9.59 Å². The lowest BCUT2D eigenvalue weighted by Gasteiger charge is -2.08. The average Bonchev–Trinajstić information content (AvgIpc) is 2.01. The number of rotatable bonds is 7. The van der Waals surface area contributed by atoms with E-state index in [-0.39, 0.29) is 17.9 Å².